The lowest BCUT2D eigenvalue weighted by Crippen LogP contribution is -1.92. The minimum atomic E-state index is 0.968. The quantitative estimate of drug-likeness (QED) is 0.705. The molecule has 19 heavy (non-hydrogen) atoms. The smallest absolute Gasteiger partial charge is 0.0888 e. The molecule has 0 atom stereocenters. The molecular weight excluding hydrogens is 232 g/mol. The topological polar surface area (TPSA) is 25.8 Å². The first-order valence-corrected chi connectivity index (χ1v) is 7.17. The van der Waals surface area contributed by atoms with Crippen LogP contribution >= 0.6 is 0 Å². The van der Waals surface area contributed by atoms with E-state index < -0.39 is 0 Å². The van der Waals surface area contributed by atoms with Gasteiger partial charge in [-0.15, -0.1) is 0 Å². The molecule has 2 aromatic heterocycles. The van der Waals surface area contributed by atoms with Crippen molar-refractivity contribution < 1.29 is 0 Å². The van der Waals surface area contributed by atoms with E-state index in [0.29, 0.717) is 0 Å². The van der Waals surface area contributed by atoms with Crippen LogP contribution in [0, 0.1) is 6.92 Å². The van der Waals surface area contributed by atoms with Crippen LogP contribution in [-0.2, 0) is 6.42 Å². The third-order valence-corrected chi connectivity index (χ3v) is 3.32. The number of unbranched alkanes of at least 4 members (excludes halogenated alkanes) is 3. The number of pyridine rings is 2. The second-order valence-corrected chi connectivity index (χ2v) is 5.08. The van der Waals surface area contributed by atoms with E-state index in [1.54, 1.807) is 0 Å². The van der Waals surface area contributed by atoms with E-state index in [9.17, 15) is 0 Å². The summed E-state index contributed by atoms with van der Waals surface area (Å²) in [4.78, 5) is 8.83. The number of aromatic nitrogens is 2. The molecule has 0 radical (unpaired) electrons. The van der Waals surface area contributed by atoms with Gasteiger partial charge in [-0.1, -0.05) is 26.2 Å². The highest BCUT2D eigenvalue weighted by Crippen LogP contribution is 2.17. The highest BCUT2D eigenvalue weighted by Gasteiger charge is 2.02. The summed E-state index contributed by atoms with van der Waals surface area (Å²) >= 11 is 0. The summed E-state index contributed by atoms with van der Waals surface area (Å²) < 4.78 is 0. The molecule has 0 aliphatic carbocycles. The fourth-order valence-electron chi connectivity index (χ4n) is 2.20. The molecule has 0 aliphatic heterocycles. The zero-order valence-corrected chi connectivity index (χ0v) is 11.9. The Hall–Kier alpha value is -1.70. The van der Waals surface area contributed by atoms with E-state index >= 15 is 0 Å². The Morgan fingerprint density at radius 2 is 1.63 bits per heavy atom. The van der Waals surface area contributed by atoms with Crippen molar-refractivity contribution in [1.82, 2.24) is 9.97 Å². The number of hydrogen-bond acceptors (Lipinski definition) is 2. The van der Waals surface area contributed by atoms with Crippen molar-refractivity contribution in [3.05, 3.63) is 47.8 Å². The van der Waals surface area contributed by atoms with E-state index in [0.717, 1.165) is 17.8 Å². The average Bonchev–Trinajstić information content (AvgIpc) is 2.44. The predicted molar refractivity (Wildman–Crippen MR) is 80.1 cm³/mol. The van der Waals surface area contributed by atoms with Crippen molar-refractivity contribution in [1.29, 1.82) is 0 Å². The molecule has 100 valence electrons. The Morgan fingerprint density at radius 3 is 2.37 bits per heavy atom. The molecule has 0 aromatic carbocycles. The molecule has 0 amide bonds. The van der Waals surface area contributed by atoms with Crippen LogP contribution in [0.5, 0.6) is 0 Å². The lowest BCUT2D eigenvalue weighted by molar-refractivity contribution is 0.666. The summed E-state index contributed by atoms with van der Waals surface area (Å²) in [5.41, 5.74) is 4.54. The van der Waals surface area contributed by atoms with Gasteiger partial charge in [0.15, 0.2) is 0 Å². The van der Waals surface area contributed by atoms with Gasteiger partial charge in [0.2, 0.25) is 0 Å². The number of aryl methyl sites for hydroxylation is 2. The zero-order valence-electron chi connectivity index (χ0n) is 11.9. The first-order valence-electron chi connectivity index (χ1n) is 7.17. The number of hydrogen-bond donors (Lipinski definition) is 0. The molecule has 0 bridgehead atoms. The van der Waals surface area contributed by atoms with Gasteiger partial charge in [-0.2, -0.15) is 0 Å². The molecule has 2 heteroatoms. The maximum atomic E-state index is 4.43. The molecule has 0 unspecified atom stereocenters. The summed E-state index contributed by atoms with van der Waals surface area (Å²) in [5.74, 6) is 0. The van der Waals surface area contributed by atoms with Gasteiger partial charge in [0, 0.05) is 12.4 Å². The normalized spacial score (nSPS) is 10.6. The van der Waals surface area contributed by atoms with Crippen molar-refractivity contribution in [3.8, 4) is 11.4 Å². The summed E-state index contributed by atoms with van der Waals surface area (Å²) in [5, 5.41) is 0. The summed E-state index contributed by atoms with van der Waals surface area (Å²) in [6.07, 6.45) is 10.1. The maximum Gasteiger partial charge on any atom is 0.0888 e. The standard InChI is InChI=1S/C17H22N2/c1-3-4-5-6-7-15-9-11-19-17(13-15)16-12-14(2)8-10-18-16/h8-13H,3-7H2,1-2H3. The first kappa shape index (κ1) is 13.7. The van der Waals surface area contributed by atoms with Crippen molar-refractivity contribution in [3.63, 3.8) is 0 Å². The van der Waals surface area contributed by atoms with E-state index in [-0.39, 0.29) is 0 Å². The maximum absolute atomic E-state index is 4.43. The van der Waals surface area contributed by atoms with Crippen LogP contribution in [-0.4, -0.2) is 9.97 Å². The number of rotatable bonds is 6. The predicted octanol–water partition coefficient (Wildman–Crippen LogP) is 4.57. The SMILES string of the molecule is CCCCCCc1ccnc(-c2cc(C)ccn2)c1. The zero-order chi connectivity index (χ0) is 13.5. The van der Waals surface area contributed by atoms with Crippen LogP contribution < -0.4 is 0 Å². The van der Waals surface area contributed by atoms with Gasteiger partial charge in [0.05, 0.1) is 11.4 Å². The van der Waals surface area contributed by atoms with Crippen molar-refractivity contribution in [2.45, 2.75) is 46.0 Å². The molecule has 2 nitrogen and oxygen atoms in total. The molecule has 0 N–H and O–H groups in total. The lowest BCUT2D eigenvalue weighted by atomic mass is 10.1. The molecule has 0 saturated heterocycles. The van der Waals surface area contributed by atoms with E-state index in [4.69, 9.17) is 0 Å². The molecule has 2 aromatic rings. The van der Waals surface area contributed by atoms with E-state index in [1.807, 2.05) is 18.5 Å². The van der Waals surface area contributed by atoms with Crippen LogP contribution in [0.3, 0.4) is 0 Å². The van der Waals surface area contributed by atoms with Gasteiger partial charge in [0.25, 0.3) is 0 Å². The fraction of sp³-hybridized carbons (Fsp3) is 0.412. The van der Waals surface area contributed by atoms with Gasteiger partial charge in [0.1, 0.15) is 0 Å². The van der Waals surface area contributed by atoms with Gasteiger partial charge in [-0.3, -0.25) is 9.97 Å². The summed E-state index contributed by atoms with van der Waals surface area (Å²) in [7, 11) is 0. The minimum Gasteiger partial charge on any atom is -0.255 e. The van der Waals surface area contributed by atoms with Crippen LogP contribution in [0.2, 0.25) is 0 Å². The van der Waals surface area contributed by atoms with Gasteiger partial charge < -0.3 is 0 Å². The molecular formula is C17H22N2. The Labute approximate surface area is 115 Å². The molecule has 2 heterocycles. The molecule has 0 saturated carbocycles. The number of nitrogens with zero attached hydrogens (tertiary/aromatic N) is 2. The van der Waals surface area contributed by atoms with Crippen LogP contribution in [0.15, 0.2) is 36.7 Å². The Kier molecular flexibility index (Phi) is 5.08. The third-order valence-electron chi connectivity index (χ3n) is 3.32. The van der Waals surface area contributed by atoms with Crippen LogP contribution in [0.4, 0.5) is 0 Å². The largest absolute Gasteiger partial charge is 0.255 e. The summed E-state index contributed by atoms with van der Waals surface area (Å²) in [6.45, 7) is 4.33. The fourth-order valence-corrected chi connectivity index (χ4v) is 2.20. The second kappa shape index (κ2) is 7.03. The van der Waals surface area contributed by atoms with Gasteiger partial charge in [-0.25, -0.2) is 0 Å². The average molecular weight is 254 g/mol. The van der Waals surface area contributed by atoms with Gasteiger partial charge >= 0.3 is 0 Å². The van der Waals surface area contributed by atoms with Crippen molar-refractivity contribution in [2.75, 3.05) is 0 Å². The highest BCUT2D eigenvalue weighted by atomic mass is 14.8. The second-order valence-electron chi connectivity index (χ2n) is 5.08. The third kappa shape index (κ3) is 4.16. The van der Waals surface area contributed by atoms with Crippen molar-refractivity contribution in [2.24, 2.45) is 0 Å². The molecule has 0 aliphatic rings. The Bertz CT molecular complexity index is 520. The molecule has 0 fully saturated rings. The highest BCUT2D eigenvalue weighted by molar-refractivity contribution is 5.55. The van der Waals surface area contributed by atoms with Gasteiger partial charge in [-0.05, 0) is 55.2 Å². The van der Waals surface area contributed by atoms with Crippen LogP contribution in [0.1, 0.15) is 43.7 Å². The molecule has 2 rings (SSSR count). The Balaban J connectivity index is 2.06. The van der Waals surface area contributed by atoms with Crippen LogP contribution in [0.25, 0.3) is 11.4 Å². The molecule has 0 spiro atoms. The van der Waals surface area contributed by atoms with E-state index in [1.165, 1.54) is 36.8 Å². The monoisotopic (exact) mass is 254 g/mol. The summed E-state index contributed by atoms with van der Waals surface area (Å²) in [6, 6.07) is 8.39. The van der Waals surface area contributed by atoms with E-state index in [2.05, 4.69) is 42.0 Å². The lowest BCUT2D eigenvalue weighted by Gasteiger charge is -2.05. The first-order chi connectivity index (χ1) is 9.29. The Morgan fingerprint density at radius 1 is 0.895 bits per heavy atom. The van der Waals surface area contributed by atoms with Crippen molar-refractivity contribution >= 4 is 0 Å². The minimum absolute atomic E-state index is 0.968.